The highest BCUT2D eigenvalue weighted by Crippen LogP contribution is 2.35. The van der Waals surface area contributed by atoms with E-state index in [2.05, 4.69) is 91.0 Å². The predicted octanol–water partition coefficient (Wildman–Crippen LogP) is 7.20. The van der Waals surface area contributed by atoms with Crippen molar-refractivity contribution in [2.45, 2.75) is 44.8 Å². The van der Waals surface area contributed by atoms with Crippen molar-refractivity contribution in [3.8, 4) is 33.6 Å². The standard InChI is InChI=1S/C42H44N8O6S/c1-4-16-49(37(51)23-45-41(53)55-2)24-36-43-21-34(46-36)31-14-13-29-19-28(11-12-30(29)20-31)26-7-9-27(10-8-26)33-22-44-39(47-33)35-6-5-17-50(35)40(52)38(48-42(54)56-3)32-15-18-57-25-32/h7-15,18-22,25,35,38H,4-6,16-17,23-24H2,1-3H3,(H,43,46)(H,44,47)(H,45,53)(H,48,54)/t35-,38?/m0/s1. The van der Waals surface area contributed by atoms with Crippen molar-refractivity contribution in [1.82, 2.24) is 40.4 Å². The summed E-state index contributed by atoms with van der Waals surface area (Å²) in [6.07, 6.45) is 4.62. The van der Waals surface area contributed by atoms with Crippen molar-refractivity contribution in [2.24, 2.45) is 0 Å². The van der Waals surface area contributed by atoms with E-state index in [-0.39, 0.29) is 24.4 Å². The zero-order valence-electron chi connectivity index (χ0n) is 31.9. The largest absolute Gasteiger partial charge is 0.453 e. The number of nitrogens with one attached hydrogen (secondary N) is 4. The van der Waals surface area contributed by atoms with Gasteiger partial charge in [0.25, 0.3) is 5.91 Å². The zero-order valence-corrected chi connectivity index (χ0v) is 32.7. The van der Waals surface area contributed by atoms with Crippen LogP contribution in [0.4, 0.5) is 9.59 Å². The first-order valence-corrected chi connectivity index (χ1v) is 19.7. The molecule has 0 bridgehead atoms. The number of carbonyl (C=O) groups is 4. The number of H-pyrrole nitrogens is 2. The fraction of sp³-hybridized carbons (Fsp3) is 0.286. The summed E-state index contributed by atoms with van der Waals surface area (Å²) in [5.74, 6) is 0.946. The van der Waals surface area contributed by atoms with Crippen molar-refractivity contribution in [2.75, 3.05) is 33.9 Å². The van der Waals surface area contributed by atoms with Gasteiger partial charge in [-0.3, -0.25) is 9.59 Å². The first kappa shape index (κ1) is 38.8. The SMILES string of the molecule is CCCN(Cc1ncc(-c2ccc3cc(-c4ccc(-c5cnc([C@@H]6CCCN6C(=O)C(NC(=O)OC)c6ccsc6)[nH]5)cc4)ccc3c2)[nH]1)C(=O)CNC(=O)OC. The van der Waals surface area contributed by atoms with Crippen LogP contribution in [0.3, 0.4) is 0 Å². The molecule has 6 aromatic rings. The van der Waals surface area contributed by atoms with Crippen molar-refractivity contribution < 1.29 is 28.7 Å². The van der Waals surface area contributed by atoms with Crippen LogP contribution in [0.1, 0.15) is 55.5 Å². The first-order valence-electron chi connectivity index (χ1n) is 18.7. The van der Waals surface area contributed by atoms with Crippen molar-refractivity contribution in [3.63, 3.8) is 0 Å². The summed E-state index contributed by atoms with van der Waals surface area (Å²) in [4.78, 5) is 69.6. The molecular weight excluding hydrogens is 745 g/mol. The van der Waals surface area contributed by atoms with Crippen LogP contribution in [0.2, 0.25) is 0 Å². The second-order valence-corrected chi connectivity index (χ2v) is 14.5. The molecule has 1 fully saturated rings. The monoisotopic (exact) mass is 788 g/mol. The Morgan fingerprint density at radius 1 is 0.877 bits per heavy atom. The first-order chi connectivity index (χ1) is 27.7. The molecule has 4 heterocycles. The Labute approximate surface area is 333 Å². The number of rotatable bonds is 13. The summed E-state index contributed by atoms with van der Waals surface area (Å²) in [6, 6.07) is 21.7. The highest BCUT2D eigenvalue weighted by Gasteiger charge is 2.37. The molecule has 1 unspecified atom stereocenters. The van der Waals surface area contributed by atoms with Gasteiger partial charge >= 0.3 is 12.2 Å². The van der Waals surface area contributed by atoms with E-state index >= 15 is 0 Å². The van der Waals surface area contributed by atoms with Crippen LogP contribution in [0, 0.1) is 0 Å². The number of carbonyl (C=O) groups excluding carboxylic acids is 4. The van der Waals surface area contributed by atoms with E-state index in [1.165, 1.54) is 25.6 Å². The summed E-state index contributed by atoms with van der Waals surface area (Å²) in [5.41, 5.74) is 6.52. The van der Waals surface area contributed by atoms with Gasteiger partial charge in [-0.05, 0) is 81.2 Å². The van der Waals surface area contributed by atoms with E-state index in [1.807, 2.05) is 23.8 Å². The molecule has 0 aliphatic carbocycles. The Morgan fingerprint density at radius 2 is 1.56 bits per heavy atom. The molecule has 0 spiro atoms. The average Bonchev–Trinajstić information content (AvgIpc) is 4.09. The van der Waals surface area contributed by atoms with Crippen molar-refractivity contribution >= 4 is 46.1 Å². The number of likely N-dealkylation sites (tertiary alicyclic amines) is 1. The highest BCUT2D eigenvalue weighted by atomic mass is 32.1. The molecule has 4 amide bonds. The molecular formula is C42H44N8O6S. The lowest BCUT2D eigenvalue weighted by molar-refractivity contribution is -0.134. The fourth-order valence-corrected chi connectivity index (χ4v) is 7.82. The number of alkyl carbamates (subject to hydrolysis) is 2. The Morgan fingerprint density at radius 3 is 2.28 bits per heavy atom. The van der Waals surface area contributed by atoms with E-state index in [0.717, 1.165) is 69.2 Å². The quantitative estimate of drug-likeness (QED) is 0.0950. The fourth-order valence-electron chi connectivity index (χ4n) is 7.14. The number of methoxy groups -OCH3 is 2. The van der Waals surface area contributed by atoms with Crippen LogP contribution in [-0.4, -0.2) is 87.6 Å². The average molecular weight is 789 g/mol. The number of benzene rings is 3. The summed E-state index contributed by atoms with van der Waals surface area (Å²) in [7, 11) is 2.54. The number of aromatic nitrogens is 4. The molecule has 1 aliphatic heterocycles. The van der Waals surface area contributed by atoms with E-state index in [9.17, 15) is 19.2 Å². The van der Waals surface area contributed by atoms with Gasteiger partial charge in [0.05, 0.1) is 50.6 Å². The molecule has 3 aromatic carbocycles. The maximum Gasteiger partial charge on any atom is 0.407 e. The van der Waals surface area contributed by atoms with E-state index in [0.29, 0.717) is 31.3 Å². The zero-order chi connectivity index (χ0) is 39.9. The normalized spacial score (nSPS) is 14.3. The molecule has 3 aromatic heterocycles. The molecule has 0 radical (unpaired) electrons. The third-order valence-corrected chi connectivity index (χ3v) is 10.8. The number of nitrogens with zero attached hydrogens (tertiary/aromatic N) is 4. The van der Waals surface area contributed by atoms with Crippen LogP contribution in [0.15, 0.2) is 89.9 Å². The number of thiophene rings is 1. The van der Waals surface area contributed by atoms with E-state index < -0.39 is 18.2 Å². The molecule has 1 saturated heterocycles. The number of aromatic amines is 2. The Hall–Kier alpha value is -6.48. The van der Waals surface area contributed by atoms with Gasteiger partial charge in [0.15, 0.2) is 0 Å². The van der Waals surface area contributed by atoms with Crippen LogP contribution in [-0.2, 0) is 25.6 Å². The molecule has 0 saturated carbocycles. The van der Waals surface area contributed by atoms with Gasteiger partial charge in [-0.2, -0.15) is 11.3 Å². The number of fused-ring (bicyclic) bond motifs is 1. The maximum atomic E-state index is 13.8. The lowest BCUT2D eigenvalue weighted by Gasteiger charge is -2.28. The lowest BCUT2D eigenvalue weighted by atomic mass is 9.98. The topological polar surface area (TPSA) is 175 Å². The number of hydrogen-bond donors (Lipinski definition) is 4. The summed E-state index contributed by atoms with van der Waals surface area (Å²) in [6.45, 7) is 3.23. The van der Waals surface area contributed by atoms with Gasteiger partial charge in [0, 0.05) is 18.7 Å². The van der Waals surface area contributed by atoms with Gasteiger partial charge in [-0.15, -0.1) is 0 Å². The highest BCUT2D eigenvalue weighted by molar-refractivity contribution is 7.08. The van der Waals surface area contributed by atoms with Crippen molar-refractivity contribution in [1.29, 1.82) is 0 Å². The van der Waals surface area contributed by atoms with Crippen LogP contribution < -0.4 is 10.6 Å². The second-order valence-electron chi connectivity index (χ2n) is 13.8. The summed E-state index contributed by atoms with van der Waals surface area (Å²) < 4.78 is 9.38. The van der Waals surface area contributed by atoms with Gasteiger partial charge in [-0.1, -0.05) is 55.5 Å². The Kier molecular flexibility index (Phi) is 11.9. The maximum absolute atomic E-state index is 13.8. The predicted molar refractivity (Wildman–Crippen MR) is 217 cm³/mol. The number of amides is 4. The number of imidazole rings is 2. The molecule has 4 N–H and O–H groups in total. The van der Waals surface area contributed by atoms with E-state index in [4.69, 9.17) is 9.72 Å². The number of ether oxygens (including phenoxy) is 2. The van der Waals surface area contributed by atoms with Gasteiger partial charge in [0.1, 0.15) is 24.2 Å². The molecule has 294 valence electrons. The molecule has 7 rings (SSSR count). The minimum absolute atomic E-state index is 0.149. The van der Waals surface area contributed by atoms with E-state index in [1.54, 1.807) is 22.2 Å². The summed E-state index contributed by atoms with van der Waals surface area (Å²) >= 11 is 1.46. The molecule has 1 aliphatic rings. The Bertz CT molecular complexity index is 2360. The molecule has 15 heteroatoms. The summed E-state index contributed by atoms with van der Waals surface area (Å²) in [5, 5.41) is 11.1. The third-order valence-electron chi connectivity index (χ3n) is 10.1. The molecule has 2 atom stereocenters. The van der Waals surface area contributed by atoms with Gasteiger partial charge < -0.3 is 39.9 Å². The minimum atomic E-state index is -0.842. The van der Waals surface area contributed by atoms with Crippen LogP contribution in [0.5, 0.6) is 0 Å². The second kappa shape index (κ2) is 17.5. The smallest absolute Gasteiger partial charge is 0.407 e. The molecule has 57 heavy (non-hydrogen) atoms. The van der Waals surface area contributed by atoms with Crippen LogP contribution >= 0.6 is 11.3 Å². The van der Waals surface area contributed by atoms with Crippen LogP contribution in [0.25, 0.3) is 44.4 Å². The Balaban J connectivity index is 1.01. The van der Waals surface area contributed by atoms with Gasteiger partial charge in [0.2, 0.25) is 5.91 Å². The third kappa shape index (κ3) is 8.83. The number of hydrogen-bond acceptors (Lipinski definition) is 9. The van der Waals surface area contributed by atoms with Crippen molar-refractivity contribution in [3.05, 3.63) is 107 Å². The molecule has 14 nitrogen and oxygen atoms in total. The minimum Gasteiger partial charge on any atom is -0.453 e. The van der Waals surface area contributed by atoms with Gasteiger partial charge in [-0.25, -0.2) is 19.6 Å². The lowest BCUT2D eigenvalue weighted by Crippen LogP contribution is -2.42.